The number of nitrogens with two attached hydrogens (primary N) is 1. The van der Waals surface area contributed by atoms with E-state index in [1.807, 2.05) is 18.2 Å². The van der Waals surface area contributed by atoms with Gasteiger partial charge in [0.25, 0.3) is 0 Å². The molecule has 0 saturated heterocycles. The predicted octanol–water partition coefficient (Wildman–Crippen LogP) is 3.04. The molecule has 2 N–H and O–H groups in total. The first-order valence-corrected chi connectivity index (χ1v) is 6.88. The van der Waals surface area contributed by atoms with Gasteiger partial charge in [0.15, 0.2) is 0 Å². The first kappa shape index (κ1) is 11.8. The second-order valence-electron chi connectivity index (χ2n) is 5.45. The third-order valence-electron chi connectivity index (χ3n) is 4.31. The molecule has 3 nitrogen and oxygen atoms in total. The molecule has 0 amide bonds. The molecule has 1 aliphatic carbocycles. The largest absolute Gasteiger partial charge is 0.497 e. The summed E-state index contributed by atoms with van der Waals surface area (Å²) in [5.41, 5.74) is 7.39. The fourth-order valence-corrected chi connectivity index (χ4v) is 3.26. The van der Waals surface area contributed by atoms with Gasteiger partial charge in [0, 0.05) is 24.1 Å². The van der Waals surface area contributed by atoms with Crippen LogP contribution in [0.15, 0.2) is 18.2 Å². The minimum atomic E-state index is 0.102. The predicted molar refractivity (Wildman–Crippen MR) is 70.9 cm³/mol. The molecular formula is C15H21NO2. The minimum Gasteiger partial charge on any atom is -0.497 e. The van der Waals surface area contributed by atoms with Gasteiger partial charge in [-0.15, -0.1) is 0 Å². The van der Waals surface area contributed by atoms with E-state index in [1.54, 1.807) is 7.11 Å². The van der Waals surface area contributed by atoms with Gasteiger partial charge in [-0.2, -0.15) is 0 Å². The first-order chi connectivity index (χ1) is 8.78. The molecule has 98 valence electrons. The van der Waals surface area contributed by atoms with E-state index in [4.69, 9.17) is 15.2 Å². The van der Waals surface area contributed by atoms with Crippen molar-refractivity contribution in [1.29, 1.82) is 0 Å². The topological polar surface area (TPSA) is 44.5 Å². The highest BCUT2D eigenvalue weighted by Crippen LogP contribution is 2.41. The zero-order valence-corrected chi connectivity index (χ0v) is 10.9. The van der Waals surface area contributed by atoms with Crippen molar-refractivity contribution < 1.29 is 9.47 Å². The maximum Gasteiger partial charge on any atom is 0.128 e. The van der Waals surface area contributed by atoms with Crippen LogP contribution in [0.5, 0.6) is 11.5 Å². The zero-order chi connectivity index (χ0) is 12.5. The molecule has 1 unspecified atom stereocenters. The Morgan fingerprint density at radius 2 is 2.06 bits per heavy atom. The fraction of sp³-hybridized carbons (Fsp3) is 0.600. The summed E-state index contributed by atoms with van der Waals surface area (Å²) in [5, 5.41) is 0. The summed E-state index contributed by atoms with van der Waals surface area (Å²) >= 11 is 0. The Labute approximate surface area is 108 Å². The van der Waals surface area contributed by atoms with E-state index in [1.165, 1.54) is 25.7 Å². The molecule has 1 heterocycles. The molecule has 1 aliphatic heterocycles. The van der Waals surface area contributed by atoms with Crippen LogP contribution in [-0.2, 0) is 0 Å². The molecule has 0 bridgehead atoms. The maximum absolute atomic E-state index is 6.28. The Morgan fingerprint density at radius 1 is 1.28 bits per heavy atom. The smallest absolute Gasteiger partial charge is 0.128 e. The number of hydrogen-bond donors (Lipinski definition) is 1. The molecule has 1 aromatic rings. The number of methoxy groups -OCH3 is 1. The van der Waals surface area contributed by atoms with Gasteiger partial charge in [-0.1, -0.05) is 18.9 Å². The number of fused-ring (bicyclic) bond motifs is 1. The Bertz CT molecular complexity index is 427. The first-order valence-electron chi connectivity index (χ1n) is 6.88. The van der Waals surface area contributed by atoms with Gasteiger partial charge < -0.3 is 15.2 Å². The fourth-order valence-electron chi connectivity index (χ4n) is 3.26. The summed E-state index contributed by atoms with van der Waals surface area (Å²) in [6.45, 7) is 0. The van der Waals surface area contributed by atoms with Crippen LogP contribution in [0.2, 0.25) is 0 Å². The second-order valence-corrected chi connectivity index (χ2v) is 5.45. The van der Waals surface area contributed by atoms with Crippen LogP contribution in [0.4, 0.5) is 0 Å². The van der Waals surface area contributed by atoms with Gasteiger partial charge in [0.05, 0.1) is 7.11 Å². The molecule has 2 atom stereocenters. The molecule has 3 heteroatoms. The van der Waals surface area contributed by atoms with Crippen LogP contribution in [0.1, 0.15) is 43.7 Å². The summed E-state index contributed by atoms with van der Waals surface area (Å²) in [7, 11) is 1.68. The summed E-state index contributed by atoms with van der Waals surface area (Å²) in [6, 6.07) is 6.06. The van der Waals surface area contributed by atoms with Crippen LogP contribution in [0, 0.1) is 5.92 Å². The van der Waals surface area contributed by atoms with Gasteiger partial charge in [0.1, 0.15) is 17.6 Å². The van der Waals surface area contributed by atoms with Gasteiger partial charge in [0.2, 0.25) is 0 Å². The van der Waals surface area contributed by atoms with Crippen molar-refractivity contribution in [2.45, 2.75) is 44.2 Å². The minimum absolute atomic E-state index is 0.102. The molecule has 2 aliphatic rings. The molecule has 1 saturated carbocycles. The molecule has 3 rings (SSSR count). The van der Waals surface area contributed by atoms with E-state index in [0.29, 0.717) is 12.0 Å². The van der Waals surface area contributed by atoms with Crippen molar-refractivity contribution in [3.63, 3.8) is 0 Å². The Morgan fingerprint density at radius 3 is 2.78 bits per heavy atom. The standard InChI is InChI=1S/C15H21NO2/c1-17-11-6-7-12-13(16)9-14(18-15(12)8-11)10-4-2-3-5-10/h6-8,10,13-14H,2-5,9,16H2,1H3/t13-,14?/m1/s1. The van der Waals surface area contributed by atoms with Gasteiger partial charge in [-0.25, -0.2) is 0 Å². The van der Waals surface area contributed by atoms with Crippen LogP contribution in [-0.4, -0.2) is 13.2 Å². The monoisotopic (exact) mass is 247 g/mol. The number of rotatable bonds is 2. The average Bonchev–Trinajstić information content (AvgIpc) is 2.91. The summed E-state index contributed by atoms with van der Waals surface area (Å²) in [6.07, 6.45) is 6.49. The average molecular weight is 247 g/mol. The molecule has 0 spiro atoms. The Hall–Kier alpha value is -1.22. The van der Waals surface area contributed by atoms with Crippen LogP contribution in [0.25, 0.3) is 0 Å². The molecule has 1 fully saturated rings. The van der Waals surface area contributed by atoms with E-state index in [2.05, 4.69) is 0 Å². The molecule has 1 aromatic carbocycles. The van der Waals surface area contributed by atoms with Crippen molar-refractivity contribution in [2.24, 2.45) is 11.7 Å². The zero-order valence-electron chi connectivity index (χ0n) is 10.9. The van der Waals surface area contributed by atoms with E-state index >= 15 is 0 Å². The van der Waals surface area contributed by atoms with Gasteiger partial charge in [-0.05, 0) is 24.8 Å². The quantitative estimate of drug-likeness (QED) is 0.873. The summed E-state index contributed by atoms with van der Waals surface area (Å²) in [5.74, 6) is 2.45. The maximum atomic E-state index is 6.28. The second kappa shape index (κ2) is 4.81. The molecule has 0 radical (unpaired) electrons. The lowest BCUT2D eigenvalue weighted by Gasteiger charge is -2.33. The van der Waals surface area contributed by atoms with Crippen LogP contribution < -0.4 is 15.2 Å². The van der Waals surface area contributed by atoms with E-state index < -0.39 is 0 Å². The van der Waals surface area contributed by atoms with Crippen molar-refractivity contribution in [2.75, 3.05) is 7.11 Å². The Kier molecular flexibility index (Phi) is 3.16. The van der Waals surface area contributed by atoms with Crippen molar-refractivity contribution >= 4 is 0 Å². The van der Waals surface area contributed by atoms with Gasteiger partial charge >= 0.3 is 0 Å². The van der Waals surface area contributed by atoms with Gasteiger partial charge in [-0.3, -0.25) is 0 Å². The lowest BCUT2D eigenvalue weighted by molar-refractivity contribution is 0.101. The highest BCUT2D eigenvalue weighted by molar-refractivity contribution is 5.43. The SMILES string of the molecule is COc1ccc2c(c1)OC(C1CCCC1)C[C@H]2N. The van der Waals surface area contributed by atoms with Crippen molar-refractivity contribution in [3.05, 3.63) is 23.8 Å². The van der Waals surface area contributed by atoms with Crippen molar-refractivity contribution in [1.82, 2.24) is 0 Å². The van der Waals surface area contributed by atoms with E-state index in [9.17, 15) is 0 Å². The van der Waals surface area contributed by atoms with Crippen molar-refractivity contribution in [3.8, 4) is 11.5 Å². The normalized spacial score (nSPS) is 27.7. The summed E-state index contributed by atoms with van der Waals surface area (Å²) in [4.78, 5) is 0. The molecule has 18 heavy (non-hydrogen) atoms. The lowest BCUT2D eigenvalue weighted by atomic mass is 9.89. The van der Waals surface area contributed by atoms with Crippen LogP contribution in [0.3, 0.4) is 0 Å². The van der Waals surface area contributed by atoms with E-state index in [0.717, 1.165) is 23.5 Å². The lowest BCUT2D eigenvalue weighted by Crippen LogP contribution is -2.34. The molecular weight excluding hydrogens is 226 g/mol. The number of ether oxygens (including phenoxy) is 2. The van der Waals surface area contributed by atoms with E-state index in [-0.39, 0.29) is 6.04 Å². The Balaban J connectivity index is 1.85. The molecule has 0 aromatic heterocycles. The number of hydrogen-bond acceptors (Lipinski definition) is 3. The summed E-state index contributed by atoms with van der Waals surface area (Å²) < 4.78 is 11.4. The highest BCUT2D eigenvalue weighted by Gasteiger charge is 2.33. The number of benzene rings is 1. The highest BCUT2D eigenvalue weighted by atomic mass is 16.5. The third kappa shape index (κ3) is 2.07. The van der Waals surface area contributed by atoms with Crippen LogP contribution >= 0.6 is 0 Å². The third-order valence-corrected chi connectivity index (χ3v) is 4.31.